The molecule has 10 heteroatoms. The number of hydrazine groups is 1. The van der Waals surface area contributed by atoms with Crippen molar-refractivity contribution >= 4 is 22.8 Å². The molecular weight excluding hydrogens is 531 g/mol. The molecule has 41 heavy (non-hydrogen) atoms. The van der Waals surface area contributed by atoms with Gasteiger partial charge < -0.3 is 10.1 Å². The Kier molecular flexibility index (Phi) is 17.8. The van der Waals surface area contributed by atoms with Crippen molar-refractivity contribution in [3.63, 3.8) is 0 Å². The summed E-state index contributed by atoms with van der Waals surface area (Å²) in [5, 5.41) is 3.01. The average Bonchev–Trinajstić information content (AvgIpc) is 2.96. The highest BCUT2D eigenvalue weighted by molar-refractivity contribution is 5.89. The second-order valence-corrected chi connectivity index (χ2v) is 10.7. The first-order chi connectivity index (χ1) is 19.9. The normalized spacial score (nSPS) is 11.6. The number of alkyl halides is 3. The maximum atomic E-state index is 13.1. The van der Waals surface area contributed by atoms with Crippen LogP contribution in [0.2, 0.25) is 0 Å². The van der Waals surface area contributed by atoms with E-state index in [1.54, 1.807) is 18.2 Å². The van der Waals surface area contributed by atoms with Crippen molar-refractivity contribution in [2.75, 3.05) is 25.2 Å². The molecule has 7 nitrogen and oxygen atoms in total. The summed E-state index contributed by atoms with van der Waals surface area (Å²) in [6.07, 6.45) is 17.3. The van der Waals surface area contributed by atoms with Gasteiger partial charge in [0.2, 0.25) is 5.82 Å². The minimum atomic E-state index is -4.70. The van der Waals surface area contributed by atoms with Crippen LogP contribution < -0.4 is 16.2 Å². The van der Waals surface area contributed by atoms with Crippen LogP contribution in [0.15, 0.2) is 24.3 Å². The first kappa shape index (κ1) is 34.6. The van der Waals surface area contributed by atoms with E-state index in [2.05, 4.69) is 33.1 Å². The van der Waals surface area contributed by atoms with E-state index < -0.39 is 18.0 Å². The van der Waals surface area contributed by atoms with Gasteiger partial charge in [-0.2, -0.15) is 13.2 Å². The number of aromatic nitrogens is 2. The van der Waals surface area contributed by atoms with Gasteiger partial charge in [0, 0.05) is 25.1 Å². The van der Waals surface area contributed by atoms with Crippen molar-refractivity contribution in [3.05, 3.63) is 30.1 Å². The number of nitrogens with zero attached hydrogens (tertiary/aromatic N) is 2. The average molecular weight is 582 g/mol. The molecule has 2 amide bonds. The molecule has 0 unspecified atom stereocenters. The highest BCUT2D eigenvalue weighted by atomic mass is 19.4. The Balaban J connectivity index is 1.40. The lowest BCUT2D eigenvalue weighted by molar-refractivity contribution is -0.144. The predicted octanol–water partition coefficient (Wildman–Crippen LogP) is 8.94. The standard InChI is InChI=1S/C31H50F3N5O2/c1-2-3-4-5-6-7-8-9-10-11-12-13-14-15-16-19-24-41-25-20-23-35-30(40)39-38-28-26-21-17-18-22-27(26)36-29(37-28)31(32,33)34/h17-18,21-22H,2-16,19-20,23-25H2,1H3,(H2,35,39,40)(H,36,37,38). The lowest BCUT2D eigenvalue weighted by atomic mass is 10.0. The zero-order valence-electron chi connectivity index (χ0n) is 24.8. The number of rotatable bonds is 23. The summed E-state index contributed by atoms with van der Waals surface area (Å²) < 4.78 is 45.0. The number of benzene rings is 1. The Morgan fingerprint density at radius 3 is 1.88 bits per heavy atom. The number of unbranched alkanes of at least 4 members (excludes halogenated alkanes) is 15. The van der Waals surface area contributed by atoms with E-state index in [4.69, 9.17) is 4.74 Å². The molecule has 0 spiro atoms. The van der Waals surface area contributed by atoms with E-state index >= 15 is 0 Å². The molecule has 232 valence electrons. The second kappa shape index (κ2) is 21.1. The van der Waals surface area contributed by atoms with Gasteiger partial charge in [0.15, 0.2) is 5.82 Å². The van der Waals surface area contributed by atoms with Crippen molar-refractivity contribution in [1.82, 2.24) is 20.7 Å². The summed E-state index contributed by atoms with van der Waals surface area (Å²) in [6.45, 7) is 3.90. The first-order valence-electron chi connectivity index (χ1n) is 15.6. The fourth-order valence-electron chi connectivity index (χ4n) is 4.69. The molecule has 2 aromatic rings. The molecule has 1 aromatic carbocycles. The Morgan fingerprint density at radius 1 is 0.756 bits per heavy atom. The smallest absolute Gasteiger partial charge is 0.381 e. The van der Waals surface area contributed by atoms with Crippen LogP contribution in [0, 0.1) is 0 Å². The molecule has 0 atom stereocenters. The zero-order chi connectivity index (χ0) is 29.6. The number of urea groups is 1. The topological polar surface area (TPSA) is 88.2 Å². The number of carbonyl (C=O) groups excluding carboxylic acids is 1. The molecule has 2 rings (SSSR count). The number of nitrogens with one attached hydrogen (secondary N) is 3. The third-order valence-electron chi connectivity index (χ3n) is 7.04. The number of anilines is 1. The van der Waals surface area contributed by atoms with Gasteiger partial charge in [-0.25, -0.2) is 14.8 Å². The monoisotopic (exact) mass is 581 g/mol. The number of hydrogen-bond donors (Lipinski definition) is 3. The number of amides is 2. The third kappa shape index (κ3) is 15.8. The molecule has 3 N–H and O–H groups in total. The van der Waals surface area contributed by atoms with E-state index in [1.807, 2.05) is 0 Å². The Hall–Kier alpha value is -2.62. The van der Waals surface area contributed by atoms with Crippen molar-refractivity contribution in [3.8, 4) is 0 Å². The summed E-state index contributed by atoms with van der Waals surface area (Å²) in [5.41, 5.74) is 4.93. The van der Waals surface area contributed by atoms with E-state index in [9.17, 15) is 18.0 Å². The number of para-hydroxylation sites is 1. The van der Waals surface area contributed by atoms with Crippen molar-refractivity contribution < 1.29 is 22.7 Å². The molecule has 0 saturated heterocycles. The van der Waals surface area contributed by atoms with Crippen LogP contribution in [0.3, 0.4) is 0 Å². The largest absolute Gasteiger partial charge is 0.451 e. The maximum absolute atomic E-state index is 13.1. The van der Waals surface area contributed by atoms with Crippen LogP contribution in [0.5, 0.6) is 0 Å². The first-order valence-corrected chi connectivity index (χ1v) is 15.6. The number of hydrogen-bond acceptors (Lipinski definition) is 5. The third-order valence-corrected chi connectivity index (χ3v) is 7.04. The Labute approximate surface area is 243 Å². The summed E-state index contributed by atoms with van der Waals surface area (Å²) in [4.78, 5) is 19.1. The molecule has 0 bridgehead atoms. The van der Waals surface area contributed by atoms with Gasteiger partial charge in [0.05, 0.1) is 5.52 Å². The van der Waals surface area contributed by atoms with Crippen LogP contribution in [-0.4, -0.2) is 35.8 Å². The lowest BCUT2D eigenvalue weighted by Gasteiger charge is -2.13. The highest BCUT2D eigenvalue weighted by Gasteiger charge is 2.35. The number of fused-ring (bicyclic) bond motifs is 1. The summed E-state index contributed by atoms with van der Waals surface area (Å²) in [6, 6.07) is 5.71. The molecule has 0 radical (unpaired) electrons. The summed E-state index contributed by atoms with van der Waals surface area (Å²) in [5.74, 6) is -1.40. The summed E-state index contributed by atoms with van der Waals surface area (Å²) in [7, 11) is 0. The van der Waals surface area contributed by atoms with Crippen LogP contribution in [0.25, 0.3) is 10.9 Å². The van der Waals surface area contributed by atoms with Gasteiger partial charge in [0.25, 0.3) is 0 Å². The van der Waals surface area contributed by atoms with Crippen LogP contribution >= 0.6 is 0 Å². The highest BCUT2D eigenvalue weighted by Crippen LogP contribution is 2.30. The van der Waals surface area contributed by atoms with Crippen LogP contribution in [-0.2, 0) is 10.9 Å². The maximum Gasteiger partial charge on any atom is 0.451 e. The van der Waals surface area contributed by atoms with Gasteiger partial charge >= 0.3 is 12.2 Å². The lowest BCUT2D eigenvalue weighted by Crippen LogP contribution is -2.40. The zero-order valence-corrected chi connectivity index (χ0v) is 24.8. The molecule has 0 saturated carbocycles. The SMILES string of the molecule is CCCCCCCCCCCCCCCCCCOCCCNC(=O)NNc1nc(C(F)(F)F)nc2ccccc12. The quantitative estimate of drug-likeness (QED) is 0.0901. The molecule has 0 aliphatic rings. The van der Waals surface area contributed by atoms with Gasteiger partial charge in [-0.1, -0.05) is 115 Å². The molecule has 0 aliphatic heterocycles. The van der Waals surface area contributed by atoms with Gasteiger partial charge in [-0.15, -0.1) is 0 Å². The van der Waals surface area contributed by atoms with E-state index in [0.29, 0.717) is 31.6 Å². The molecule has 0 fully saturated rings. The minimum Gasteiger partial charge on any atom is -0.381 e. The van der Waals surface area contributed by atoms with Crippen molar-refractivity contribution in [2.45, 2.75) is 122 Å². The van der Waals surface area contributed by atoms with E-state index in [0.717, 1.165) is 6.42 Å². The van der Waals surface area contributed by atoms with Crippen LogP contribution in [0.1, 0.15) is 122 Å². The Bertz CT molecular complexity index is 974. The molecule has 1 heterocycles. The summed E-state index contributed by atoms with van der Waals surface area (Å²) >= 11 is 0. The fourth-order valence-corrected chi connectivity index (χ4v) is 4.69. The fraction of sp³-hybridized carbons (Fsp3) is 0.710. The van der Waals surface area contributed by atoms with Crippen molar-refractivity contribution in [1.29, 1.82) is 0 Å². The number of carbonyl (C=O) groups is 1. The van der Waals surface area contributed by atoms with Crippen molar-refractivity contribution in [2.24, 2.45) is 0 Å². The predicted molar refractivity (Wildman–Crippen MR) is 160 cm³/mol. The number of halogens is 3. The second-order valence-electron chi connectivity index (χ2n) is 10.7. The van der Waals surface area contributed by atoms with E-state index in [1.165, 1.54) is 102 Å². The van der Waals surface area contributed by atoms with Gasteiger partial charge in [0.1, 0.15) is 0 Å². The Morgan fingerprint density at radius 2 is 1.29 bits per heavy atom. The molecule has 1 aromatic heterocycles. The van der Waals surface area contributed by atoms with Gasteiger partial charge in [-0.05, 0) is 25.0 Å². The molecule has 0 aliphatic carbocycles. The minimum absolute atomic E-state index is 0.125. The van der Waals surface area contributed by atoms with E-state index in [-0.39, 0.29) is 11.3 Å². The van der Waals surface area contributed by atoms with Crippen LogP contribution in [0.4, 0.5) is 23.8 Å². The molecular formula is C31H50F3N5O2. The number of ether oxygens (including phenoxy) is 1. The van der Waals surface area contributed by atoms with Gasteiger partial charge in [-0.3, -0.25) is 10.9 Å².